The van der Waals surface area contributed by atoms with Crippen LogP contribution in [0.15, 0.2) is 107 Å². The summed E-state index contributed by atoms with van der Waals surface area (Å²) in [5.41, 5.74) is 1.63. The van der Waals surface area contributed by atoms with Crippen LogP contribution in [-0.2, 0) is 20.2 Å². The quantitative estimate of drug-likeness (QED) is 0.0285. The first-order valence-corrected chi connectivity index (χ1v) is 20.8. The number of rotatable bonds is 18. The van der Waals surface area contributed by atoms with Crippen LogP contribution in [0.4, 0.5) is 58.4 Å². The van der Waals surface area contributed by atoms with Gasteiger partial charge in [-0.2, -0.15) is 46.7 Å². The Bertz CT molecular complexity index is 2540. The van der Waals surface area contributed by atoms with E-state index >= 15 is 0 Å². The van der Waals surface area contributed by atoms with Crippen molar-refractivity contribution in [1.29, 1.82) is 0 Å². The minimum absolute atomic E-state index is 0. The van der Waals surface area contributed by atoms with Crippen molar-refractivity contribution in [2.24, 2.45) is 0 Å². The second-order valence-corrected chi connectivity index (χ2v) is 15.7. The van der Waals surface area contributed by atoms with Gasteiger partial charge in [-0.1, -0.05) is 60.7 Å². The molecule has 0 aliphatic heterocycles. The summed E-state index contributed by atoms with van der Waals surface area (Å²) in [5, 5.41) is 30.9. The molecule has 2 aromatic heterocycles. The number of anilines is 10. The van der Waals surface area contributed by atoms with E-state index in [0.29, 0.717) is 11.4 Å². The van der Waals surface area contributed by atoms with Crippen LogP contribution in [0.2, 0.25) is 0 Å². The molecule has 0 aliphatic rings. The fraction of sp³-hybridized carbons (Fsp3) is 0.158. The van der Waals surface area contributed by atoms with Crippen LogP contribution in [0, 0.1) is 0 Å². The average Bonchev–Trinajstić information content (AvgIpc) is 3.20. The first-order valence-electron chi connectivity index (χ1n) is 17.9. The first-order chi connectivity index (χ1) is 28.7. The molecule has 4 aromatic carbocycles. The summed E-state index contributed by atoms with van der Waals surface area (Å²) >= 11 is 0. The maximum absolute atomic E-state index is 12.6. The zero-order chi connectivity index (χ0) is 42.9. The molecule has 20 nitrogen and oxygen atoms in total. The summed E-state index contributed by atoms with van der Waals surface area (Å²) in [7, 11) is -6.38. The van der Waals surface area contributed by atoms with Crippen molar-refractivity contribution in [1.82, 2.24) is 29.9 Å². The Morgan fingerprint density at radius 1 is 0.516 bits per heavy atom. The standard InChI is InChI=1S/C38H40N12O8S2.2Na.2H/c1-49(19-21-51)37-45-33(39-27-9-5-3-6-10-27)43-35(47-37)41-29-17-15-25(31(23-29)59(53,54)55)13-14-26-16-18-30(24-32(26)60(56,57)58)42-36-44-34(40-28-11-7-4-8-12-28)46-38(48-36)50(2)20-22-52;;;;/h3-18,23-24,51-52H,19-22H2,1-2H3,(H,53,54,55)(H,56,57,58)(H2,39,41,43,45,47)(H2,40,42,44,46,48);;;;/q;2*+1;2*-1/b14-13+;;;;. The fourth-order valence-corrected chi connectivity index (χ4v) is 6.90. The second kappa shape index (κ2) is 22.5. The van der Waals surface area contributed by atoms with Gasteiger partial charge in [0, 0.05) is 49.9 Å². The van der Waals surface area contributed by atoms with E-state index in [4.69, 9.17) is 0 Å². The van der Waals surface area contributed by atoms with Gasteiger partial charge in [0.1, 0.15) is 9.79 Å². The predicted octanol–water partition coefficient (Wildman–Crippen LogP) is -1.22. The molecule has 0 aliphatic carbocycles. The SMILES string of the molecule is CN(CCO)c1nc(Nc2ccccc2)nc(Nc2ccc(/C=C/c3ccc(Nc4nc(Nc5ccccc5)nc(N(C)CCO)n4)cc3S(=O)(=O)O)c(S(=O)(=O)O)c2)n1.[H-].[H-].[Na+].[Na+]. The zero-order valence-corrected chi connectivity index (χ0v) is 39.7. The zero-order valence-electron chi connectivity index (χ0n) is 36.0. The van der Waals surface area contributed by atoms with Crippen LogP contribution in [0.25, 0.3) is 12.2 Å². The normalized spacial score (nSPS) is 11.3. The van der Waals surface area contributed by atoms with E-state index in [0.717, 1.165) is 12.1 Å². The van der Waals surface area contributed by atoms with E-state index in [9.17, 15) is 36.2 Å². The Balaban J connectivity index is 0.00000352. The summed E-state index contributed by atoms with van der Waals surface area (Å²) < 4.78 is 71.1. The minimum Gasteiger partial charge on any atom is -1.00 e. The van der Waals surface area contributed by atoms with Crippen molar-refractivity contribution >= 4 is 90.8 Å². The van der Waals surface area contributed by atoms with E-state index in [1.54, 1.807) is 48.2 Å². The number of aromatic nitrogens is 6. The maximum Gasteiger partial charge on any atom is 1.00 e. The number of hydrogen-bond donors (Lipinski definition) is 8. The molecule has 0 fully saturated rings. The smallest absolute Gasteiger partial charge is 1.00 e. The van der Waals surface area contributed by atoms with Crippen molar-refractivity contribution in [3.8, 4) is 0 Å². The molecule has 8 N–H and O–H groups in total. The first kappa shape index (κ1) is 49.8. The third-order valence-corrected chi connectivity index (χ3v) is 10.2. The number of aliphatic hydroxyl groups excluding tert-OH is 2. The summed E-state index contributed by atoms with van der Waals surface area (Å²) in [6.45, 7) is 0.0646. The van der Waals surface area contributed by atoms with Gasteiger partial charge in [-0.25, -0.2) is 0 Å². The summed E-state index contributed by atoms with van der Waals surface area (Å²) in [5.74, 6) is 0.704. The number of nitrogens with one attached hydrogen (secondary N) is 4. The van der Waals surface area contributed by atoms with Gasteiger partial charge in [-0.15, -0.1) is 0 Å². The molecule has 0 radical (unpaired) electrons. The number of aliphatic hydroxyl groups is 2. The van der Waals surface area contributed by atoms with Crippen LogP contribution in [0.5, 0.6) is 0 Å². The fourth-order valence-electron chi connectivity index (χ4n) is 5.48. The van der Waals surface area contributed by atoms with E-state index in [-0.39, 0.29) is 146 Å². The summed E-state index contributed by atoms with van der Waals surface area (Å²) in [6.07, 6.45) is 2.51. The van der Waals surface area contributed by atoms with Crippen molar-refractivity contribution < 1.29 is 98.1 Å². The molecule has 0 atom stereocenters. The summed E-state index contributed by atoms with van der Waals surface area (Å²) in [6, 6.07) is 26.1. The van der Waals surface area contributed by atoms with E-state index in [2.05, 4.69) is 51.2 Å². The van der Waals surface area contributed by atoms with Gasteiger partial charge in [-0.3, -0.25) is 9.11 Å². The van der Waals surface area contributed by atoms with Crippen LogP contribution in [0.3, 0.4) is 0 Å². The minimum atomic E-state index is -4.86. The van der Waals surface area contributed by atoms with Gasteiger partial charge >= 0.3 is 59.1 Å². The largest absolute Gasteiger partial charge is 1.00 e. The van der Waals surface area contributed by atoms with Crippen molar-refractivity contribution in [2.45, 2.75) is 9.79 Å². The molecule has 62 heavy (non-hydrogen) atoms. The van der Waals surface area contributed by atoms with Gasteiger partial charge in [0.05, 0.1) is 13.2 Å². The Morgan fingerprint density at radius 2 is 0.839 bits per heavy atom. The molecule has 0 saturated carbocycles. The van der Waals surface area contributed by atoms with E-state index in [1.807, 2.05) is 36.4 Å². The molecular formula is C38H42N12Na2O8S2. The molecular weight excluding hydrogens is 863 g/mol. The van der Waals surface area contributed by atoms with E-state index < -0.39 is 30.0 Å². The number of hydrogen-bond acceptors (Lipinski definition) is 18. The average molecular weight is 905 g/mol. The molecule has 2 heterocycles. The predicted molar refractivity (Wildman–Crippen MR) is 230 cm³/mol. The number of benzene rings is 4. The molecule has 0 bridgehead atoms. The Hall–Kier alpha value is -4.82. The Labute approximate surface area is 405 Å². The molecule has 24 heteroatoms. The second-order valence-electron chi connectivity index (χ2n) is 12.9. The molecule has 6 rings (SSSR count). The van der Waals surface area contributed by atoms with E-state index in [1.165, 1.54) is 36.4 Å². The van der Waals surface area contributed by atoms with Crippen molar-refractivity contribution in [2.75, 3.05) is 71.5 Å². The third-order valence-electron chi connectivity index (χ3n) is 8.40. The summed E-state index contributed by atoms with van der Waals surface area (Å²) in [4.78, 5) is 28.5. The van der Waals surface area contributed by atoms with Crippen LogP contribution in [-0.4, -0.2) is 106 Å². The van der Waals surface area contributed by atoms with Gasteiger partial charge in [0.15, 0.2) is 0 Å². The van der Waals surface area contributed by atoms with Gasteiger partial charge in [-0.05, 0) is 59.7 Å². The van der Waals surface area contributed by atoms with Gasteiger partial charge in [0.2, 0.25) is 35.7 Å². The Kier molecular flexibility index (Phi) is 18.1. The molecule has 0 unspecified atom stereocenters. The maximum atomic E-state index is 12.6. The molecule has 6 aromatic rings. The number of likely N-dealkylation sites (N-methyl/N-ethyl adjacent to an activating group) is 2. The number of para-hydroxylation sites is 2. The molecule has 0 saturated heterocycles. The van der Waals surface area contributed by atoms with Gasteiger partial charge in [0.25, 0.3) is 20.2 Å². The van der Waals surface area contributed by atoms with Gasteiger partial charge < -0.3 is 44.1 Å². The molecule has 0 spiro atoms. The van der Waals surface area contributed by atoms with Crippen LogP contribution >= 0.6 is 0 Å². The van der Waals surface area contributed by atoms with Crippen molar-refractivity contribution in [3.63, 3.8) is 0 Å². The molecule has 316 valence electrons. The number of nitrogens with zero attached hydrogens (tertiary/aromatic N) is 8. The van der Waals surface area contributed by atoms with Crippen LogP contribution < -0.4 is 90.2 Å². The molecule has 0 amide bonds. The topological polar surface area (TPSA) is 281 Å². The van der Waals surface area contributed by atoms with Crippen LogP contribution in [0.1, 0.15) is 14.0 Å². The monoisotopic (exact) mass is 904 g/mol. The third kappa shape index (κ3) is 13.8. The van der Waals surface area contributed by atoms with Crippen molar-refractivity contribution in [3.05, 3.63) is 108 Å². The Morgan fingerprint density at radius 3 is 1.15 bits per heavy atom.